The van der Waals surface area contributed by atoms with E-state index in [1.807, 2.05) is 49.4 Å². The summed E-state index contributed by atoms with van der Waals surface area (Å²) < 4.78 is 0.940. The number of nitro benzene ring substituents is 1. The van der Waals surface area contributed by atoms with E-state index in [4.69, 9.17) is 16.6 Å². The molecule has 0 fully saturated rings. The van der Waals surface area contributed by atoms with Gasteiger partial charge in [0.05, 0.1) is 21.7 Å². The number of fused-ring (bicyclic) bond motifs is 1. The smallest absolute Gasteiger partial charge is 0.270 e. The average molecular weight is 464 g/mol. The molecule has 4 aromatic rings. The van der Waals surface area contributed by atoms with Gasteiger partial charge in [-0.1, -0.05) is 65.4 Å². The quantitative estimate of drug-likeness (QED) is 0.188. The summed E-state index contributed by atoms with van der Waals surface area (Å²) in [6, 6.07) is 19.5. The summed E-state index contributed by atoms with van der Waals surface area (Å²) in [6.45, 7) is 2.24. The summed E-state index contributed by atoms with van der Waals surface area (Å²) in [5.41, 5.74) is 3.13. The average Bonchev–Trinajstić information content (AvgIpc) is 3.24. The highest BCUT2D eigenvalue weighted by molar-refractivity contribution is 7.22. The number of anilines is 1. The van der Waals surface area contributed by atoms with E-state index in [-0.39, 0.29) is 11.6 Å². The van der Waals surface area contributed by atoms with E-state index in [1.165, 1.54) is 29.5 Å². The Hall–Kier alpha value is -3.55. The van der Waals surface area contributed by atoms with Gasteiger partial charge < -0.3 is 0 Å². The van der Waals surface area contributed by atoms with Crippen LogP contribution < -0.4 is 4.90 Å². The van der Waals surface area contributed by atoms with Crippen LogP contribution in [0.3, 0.4) is 0 Å². The standard InChI is InChI=1S/C24H18ClN3O3S/c1-16-20(25)11-12-21-23(16)26-24(32-21)27(15-18-6-3-2-4-7-18)22(29)13-10-17-8-5-9-19(14-17)28(30)31/h2-14H,15H2,1H3/b13-10+. The van der Waals surface area contributed by atoms with Crippen molar-refractivity contribution in [2.45, 2.75) is 13.5 Å². The lowest BCUT2D eigenvalue weighted by atomic mass is 10.2. The lowest BCUT2D eigenvalue weighted by Crippen LogP contribution is -2.28. The molecule has 0 saturated carbocycles. The molecule has 0 atom stereocenters. The second-order valence-corrected chi connectivity index (χ2v) is 8.53. The fraction of sp³-hybridized carbons (Fsp3) is 0.0833. The Morgan fingerprint density at radius 3 is 2.69 bits per heavy atom. The van der Waals surface area contributed by atoms with E-state index < -0.39 is 4.92 Å². The summed E-state index contributed by atoms with van der Waals surface area (Å²) >= 11 is 7.66. The van der Waals surface area contributed by atoms with Crippen LogP contribution in [0, 0.1) is 17.0 Å². The van der Waals surface area contributed by atoms with Crippen LogP contribution >= 0.6 is 22.9 Å². The number of hydrogen-bond donors (Lipinski definition) is 0. The monoisotopic (exact) mass is 463 g/mol. The van der Waals surface area contributed by atoms with Crippen molar-refractivity contribution in [1.82, 2.24) is 4.98 Å². The summed E-state index contributed by atoms with van der Waals surface area (Å²) in [6.07, 6.45) is 2.98. The normalized spacial score (nSPS) is 11.2. The fourth-order valence-corrected chi connectivity index (χ4v) is 4.39. The molecule has 6 nitrogen and oxygen atoms in total. The molecule has 32 heavy (non-hydrogen) atoms. The van der Waals surface area contributed by atoms with Gasteiger partial charge in [0.15, 0.2) is 5.13 Å². The summed E-state index contributed by atoms with van der Waals surface area (Å²) in [5, 5.41) is 12.2. The van der Waals surface area contributed by atoms with Crippen LogP contribution in [0.1, 0.15) is 16.7 Å². The Bertz CT molecular complexity index is 1340. The van der Waals surface area contributed by atoms with Gasteiger partial charge in [0.2, 0.25) is 0 Å². The number of amides is 1. The SMILES string of the molecule is Cc1c(Cl)ccc2sc(N(Cc3ccccc3)C(=O)/C=C/c3cccc([N+](=O)[O-])c3)nc12. The third-order valence-corrected chi connectivity index (χ3v) is 6.37. The molecule has 0 aliphatic carbocycles. The zero-order valence-electron chi connectivity index (χ0n) is 17.1. The number of thiazole rings is 1. The Balaban J connectivity index is 1.69. The molecule has 0 saturated heterocycles. The maximum absolute atomic E-state index is 13.2. The lowest BCUT2D eigenvalue weighted by molar-refractivity contribution is -0.384. The maximum Gasteiger partial charge on any atom is 0.270 e. The molecule has 0 radical (unpaired) electrons. The van der Waals surface area contributed by atoms with E-state index in [2.05, 4.69) is 0 Å². The molecule has 1 heterocycles. The van der Waals surface area contributed by atoms with Gasteiger partial charge in [-0.25, -0.2) is 4.98 Å². The maximum atomic E-state index is 13.2. The number of hydrogen-bond acceptors (Lipinski definition) is 5. The molecule has 1 aromatic heterocycles. The van der Waals surface area contributed by atoms with E-state index in [1.54, 1.807) is 23.1 Å². The van der Waals surface area contributed by atoms with Crippen LogP contribution in [-0.4, -0.2) is 15.8 Å². The number of aryl methyl sites for hydroxylation is 1. The van der Waals surface area contributed by atoms with Crippen LogP contribution in [0.25, 0.3) is 16.3 Å². The minimum Gasteiger partial charge on any atom is -0.280 e. The van der Waals surface area contributed by atoms with Crippen molar-refractivity contribution in [2.75, 3.05) is 4.90 Å². The van der Waals surface area contributed by atoms with Gasteiger partial charge in [0.25, 0.3) is 11.6 Å². The number of benzene rings is 3. The van der Waals surface area contributed by atoms with Crippen molar-refractivity contribution >= 4 is 56.0 Å². The van der Waals surface area contributed by atoms with Crippen molar-refractivity contribution < 1.29 is 9.72 Å². The van der Waals surface area contributed by atoms with Gasteiger partial charge in [-0.2, -0.15) is 0 Å². The topological polar surface area (TPSA) is 76.3 Å². The number of aromatic nitrogens is 1. The zero-order valence-corrected chi connectivity index (χ0v) is 18.6. The summed E-state index contributed by atoms with van der Waals surface area (Å²) in [5.74, 6) is -0.275. The van der Waals surface area contributed by atoms with Crippen molar-refractivity contribution in [3.63, 3.8) is 0 Å². The third kappa shape index (κ3) is 4.69. The molecule has 160 valence electrons. The van der Waals surface area contributed by atoms with Crippen LogP contribution in [-0.2, 0) is 11.3 Å². The minimum absolute atomic E-state index is 0.0285. The number of rotatable bonds is 6. The van der Waals surface area contributed by atoms with Gasteiger partial charge in [-0.15, -0.1) is 0 Å². The lowest BCUT2D eigenvalue weighted by Gasteiger charge is -2.18. The van der Waals surface area contributed by atoms with Gasteiger partial charge in [-0.05, 0) is 41.8 Å². The number of carbonyl (C=O) groups is 1. The molecule has 4 rings (SSSR count). The van der Waals surface area contributed by atoms with E-state index in [0.29, 0.717) is 22.3 Å². The second-order valence-electron chi connectivity index (χ2n) is 7.11. The Morgan fingerprint density at radius 1 is 1.16 bits per heavy atom. The van der Waals surface area contributed by atoms with Crippen molar-refractivity contribution in [3.8, 4) is 0 Å². The first-order valence-electron chi connectivity index (χ1n) is 9.76. The molecular formula is C24H18ClN3O3S. The van der Waals surface area contributed by atoms with Gasteiger partial charge in [0, 0.05) is 23.2 Å². The van der Waals surface area contributed by atoms with Crippen molar-refractivity contribution in [3.05, 3.63) is 105 Å². The van der Waals surface area contributed by atoms with E-state index in [0.717, 1.165) is 21.3 Å². The highest BCUT2D eigenvalue weighted by atomic mass is 35.5. The number of carbonyl (C=O) groups excluding carboxylic acids is 1. The van der Waals surface area contributed by atoms with Crippen LogP contribution in [0.5, 0.6) is 0 Å². The van der Waals surface area contributed by atoms with Crippen LogP contribution in [0.4, 0.5) is 10.8 Å². The Kier molecular flexibility index (Phi) is 6.30. The van der Waals surface area contributed by atoms with Gasteiger partial charge in [0.1, 0.15) is 0 Å². The third-order valence-electron chi connectivity index (χ3n) is 4.92. The van der Waals surface area contributed by atoms with Crippen LogP contribution in [0.2, 0.25) is 5.02 Å². The summed E-state index contributed by atoms with van der Waals surface area (Å²) in [7, 11) is 0. The molecule has 8 heteroatoms. The molecule has 0 aliphatic rings. The van der Waals surface area contributed by atoms with Crippen molar-refractivity contribution in [2.24, 2.45) is 0 Å². The Labute approximate surface area is 193 Å². The number of halogens is 1. The van der Waals surface area contributed by atoms with E-state index >= 15 is 0 Å². The first-order chi connectivity index (χ1) is 15.4. The zero-order chi connectivity index (χ0) is 22.7. The molecule has 0 aliphatic heterocycles. The van der Waals surface area contributed by atoms with E-state index in [9.17, 15) is 14.9 Å². The minimum atomic E-state index is -0.463. The molecule has 3 aromatic carbocycles. The molecule has 0 spiro atoms. The van der Waals surface area contributed by atoms with Gasteiger partial charge >= 0.3 is 0 Å². The fourth-order valence-electron chi connectivity index (χ4n) is 3.21. The number of non-ortho nitro benzene ring substituents is 1. The molecule has 0 unspecified atom stereocenters. The molecule has 0 bridgehead atoms. The predicted molar refractivity (Wildman–Crippen MR) is 129 cm³/mol. The first-order valence-corrected chi connectivity index (χ1v) is 11.0. The number of nitrogens with zero attached hydrogens (tertiary/aromatic N) is 3. The van der Waals surface area contributed by atoms with Gasteiger partial charge in [-0.3, -0.25) is 19.8 Å². The second kappa shape index (κ2) is 9.30. The Morgan fingerprint density at radius 2 is 1.94 bits per heavy atom. The van der Waals surface area contributed by atoms with Crippen molar-refractivity contribution in [1.29, 1.82) is 0 Å². The first kappa shape index (κ1) is 21.7. The summed E-state index contributed by atoms with van der Waals surface area (Å²) in [4.78, 5) is 30.1. The molecular weight excluding hydrogens is 446 g/mol. The largest absolute Gasteiger partial charge is 0.280 e. The molecule has 0 N–H and O–H groups in total. The highest BCUT2D eigenvalue weighted by Gasteiger charge is 2.19. The highest BCUT2D eigenvalue weighted by Crippen LogP contribution is 2.34. The molecule has 1 amide bonds. The number of nitro groups is 1. The predicted octanol–water partition coefficient (Wildman–Crippen LogP) is 6.41. The van der Waals surface area contributed by atoms with Crippen LogP contribution in [0.15, 0.2) is 72.8 Å².